The third-order valence-corrected chi connectivity index (χ3v) is 5.25. The quantitative estimate of drug-likeness (QED) is 0.791. The van der Waals surface area contributed by atoms with Crippen LogP contribution in [0.3, 0.4) is 0 Å². The van der Waals surface area contributed by atoms with Crippen molar-refractivity contribution in [3.8, 4) is 11.5 Å². The number of ether oxygens (including phenoxy) is 3. The van der Waals surface area contributed by atoms with E-state index in [0.717, 1.165) is 11.3 Å². The molecule has 0 radical (unpaired) electrons. The minimum Gasteiger partial charge on any atom is -0.454 e. The molecule has 0 fully saturated rings. The largest absolute Gasteiger partial charge is 0.454 e. The molecule has 1 N–H and O–H groups in total. The van der Waals surface area contributed by atoms with Crippen LogP contribution < -0.4 is 14.8 Å². The molecule has 2 aromatic rings. The third-order valence-electron chi connectivity index (χ3n) is 5.25. The van der Waals surface area contributed by atoms with Gasteiger partial charge in [0.05, 0.1) is 12.2 Å². The molecule has 3 aliphatic rings. The molecule has 5 rings (SSSR count). The van der Waals surface area contributed by atoms with E-state index < -0.39 is 11.9 Å². The molecule has 0 aliphatic carbocycles. The number of urea groups is 1. The van der Waals surface area contributed by atoms with Crippen molar-refractivity contribution in [2.24, 2.45) is 4.99 Å². The molecule has 160 valence electrons. The number of hydrogen-bond acceptors (Lipinski definition) is 8. The zero-order valence-corrected chi connectivity index (χ0v) is 16.9. The highest BCUT2D eigenvalue weighted by Gasteiger charge is 2.34. The summed E-state index contributed by atoms with van der Waals surface area (Å²) in [6.45, 7) is 4.77. The summed E-state index contributed by atoms with van der Waals surface area (Å²) in [6.07, 6.45) is 1.29. The number of carbonyl (C=O) groups is 2. The molecule has 1 aromatic carbocycles. The SMILES string of the molecule is Cc1noc(C)c1CN1CCN2C(C(=O)Nc3ccc4c(c3)OCO4)=COC2=NC1=O. The van der Waals surface area contributed by atoms with Gasteiger partial charge >= 0.3 is 12.1 Å². The molecular weight excluding hydrogens is 406 g/mol. The van der Waals surface area contributed by atoms with Crippen LogP contribution in [0.1, 0.15) is 17.0 Å². The van der Waals surface area contributed by atoms with Crippen molar-refractivity contribution < 1.29 is 28.3 Å². The number of carbonyl (C=O) groups excluding carboxylic acids is 2. The summed E-state index contributed by atoms with van der Waals surface area (Å²) < 4.78 is 21.2. The van der Waals surface area contributed by atoms with Crippen LogP contribution in [-0.4, -0.2) is 52.8 Å². The van der Waals surface area contributed by atoms with E-state index >= 15 is 0 Å². The molecule has 0 bridgehead atoms. The lowest BCUT2D eigenvalue weighted by atomic mass is 10.2. The van der Waals surface area contributed by atoms with Crippen LogP contribution in [0.4, 0.5) is 10.5 Å². The summed E-state index contributed by atoms with van der Waals surface area (Å²) in [5.41, 5.74) is 2.37. The van der Waals surface area contributed by atoms with E-state index in [1.807, 2.05) is 6.92 Å². The van der Waals surface area contributed by atoms with Gasteiger partial charge in [-0.1, -0.05) is 5.16 Å². The number of nitrogens with one attached hydrogen (secondary N) is 1. The number of aromatic nitrogens is 1. The molecule has 0 saturated carbocycles. The maximum Gasteiger partial charge on any atom is 0.348 e. The molecule has 0 unspecified atom stereocenters. The summed E-state index contributed by atoms with van der Waals surface area (Å²) in [6, 6.07) is 4.74. The number of benzene rings is 1. The molecule has 3 amide bonds. The Morgan fingerprint density at radius 3 is 2.84 bits per heavy atom. The Kier molecular flexibility index (Phi) is 4.50. The number of anilines is 1. The summed E-state index contributed by atoms with van der Waals surface area (Å²) in [7, 11) is 0. The van der Waals surface area contributed by atoms with E-state index in [4.69, 9.17) is 18.7 Å². The number of amidine groups is 1. The molecule has 1 aromatic heterocycles. The van der Waals surface area contributed by atoms with Crippen molar-refractivity contribution in [1.82, 2.24) is 15.0 Å². The lowest BCUT2D eigenvalue weighted by molar-refractivity contribution is -0.113. The van der Waals surface area contributed by atoms with Crippen LogP contribution in [0, 0.1) is 13.8 Å². The van der Waals surface area contributed by atoms with Crippen molar-refractivity contribution >= 4 is 23.6 Å². The molecule has 3 aliphatic heterocycles. The Morgan fingerprint density at radius 1 is 1.19 bits per heavy atom. The lowest BCUT2D eigenvalue weighted by Gasteiger charge is -2.21. The first kappa shape index (κ1) is 19.0. The van der Waals surface area contributed by atoms with Gasteiger partial charge in [0.15, 0.2) is 11.5 Å². The normalized spacial score (nSPS) is 17.0. The number of nitrogens with zero attached hydrogens (tertiary/aromatic N) is 4. The smallest absolute Gasteiger partial charge is 0.348 e. The number of aryl methyl sites for hydroxylation is 2. The number of hydrogen-bond donors (Lipinski definition) is 1. The molecule has 4 heterocycles. The predicted octanol–water partition coefficient (Wildman–Crippen LogP) is 2.12. The lowest BCUT2D eigenvalue weighted by Crippen LogP contribution is -2.36. The monoisotopic (exact) mass is 425 g/mol. The first-order chi connectivity index (χ1) is 15.0. The zero-order valence-electron chi connectivity index (χ0n) is 16.9. The highest BCUT2D eigenvalue weighted by atomic mass is 16.7. The number of aliphatic imine (C=N–C) groups is 1. The second kappa shape index (κ2) is 7.35. The number of amides is 3. The van der Waals surface area contributed by atoms with Gasteiger partial charge in [0, 0.05) is 30.4 Å². The minimum atomic E-state index is -0.455. The minimum absolute atomic E-state index is 0.0714. The van der Waals surface area contributed by atoms with E-state index in [1.54, 1.807) is 34.9 Å². The van der Waals surface area contributed by atoms with E-state index in [1.165, 1.54) is 6.26 Å². The maximum absolute atomic E-state index is 12.8. The van der Waals surface area contributed by atoms with Crippen LogP contribution in [-0.2, 0) is 16.1 Å². The Labute approximate surface area is 176 Å². The molecule has 11 nitrogen and oxygen atoms in total. The van der Waals surface area contributed by atoms with Crippen LogP contribution in [0.2, 0.25) is 0 Å². The van der Waals surface area contributed by atoms with Crippen LogP contribution in [0.25, 0.3) is 0 Å². The number of rotatable bonds is 4. The zero-order chi connectivity index (χ0) is 21.5. The topological polar surface area (TPSA) is 119 Å². The van der Waals surface area contributed by atoms with Crippen molar-refractivity contribution in [3.05, 3.63) is 47.2 Å². The van der Waals surface area contributed by atoms with E-state index in [0.29, 0.717) is 42.6 Å². The van der Waals surface area contributed by atoms with Gasteiger partial charge in [-0.15, -0.1) is 4.99 Å². The van der Waals surface area contributed by atoms with Crippen molar-refractivity contribution in [2.45, 2.75) is 20.4 Å². The van der Waals surface area contributed by atoms with Gasteiger partial charge in [-0.05, 0) is 26.0 Å². The van der Waals surface area contributed by atoms with Crippen LogP contribution in [0.5, 0.6) is 11.5 Å². The molecular formula is C20H19N5O6. The summed E-state index contributed by atoms with van der Waals surface area (Å²) >= 11 is 0. The Hall–Kier alpha value is -4.02. The van der Waals surface area contributed by atoms with Gasteiger partial charge < -0.3 is 29.0 Å². The van der Waals surface area contributed by atoms with E-state index in [2.05, 4.69) is 15.5 Å². The van der Waals surface area contributed by atoms with Crippen LogP contribution in [0.15, 0.2) is 39.7 Å². The van der Waals surface area contributed by atoms with Gasteiger partial charge in [-0.3, -0.25) is 9.69 Å². The summed E-state index contributed by atoms with van der Waals surface area (Å²) in [4.78, 5) is 32.6. The van der Waals surface area contributed by atoms with E-state index in [-0.39, 0.29) is 18.5 Å². The third kappa shape index (κ3) is 3.43. The maximum atomic E-state index is 12.8. The fourth-order valence-electron chi connectivity index (χ4n) is 3.52. The van der Waals surface area contributed by atoms with Gasteiger partial charge in [0.2, 0.25) is 6.79 Å². The molecule has 31 heavy (non-hydrogen) atoms. The van der Waals surface area contributed by atoms with E-state index in [9.17, 15) is 9.59 Å². The standard InChI is InChI=1S/C20H19N5O6/c1-11-14(12(2)31-23-11)8-24-5-6-25-15(9-28-20(25)22-19(24)27)18(26)21-13-3-4-16-17(7-13)30-10-29-16/h3-4,7,9H,5-6,8,10H2,1-2H3,(H,21,26). The second-order valence-corrected chi connectivity index (χ2v) is 7.20. The first-order valence-corrected chi connectivity index (χ1v) is 9.64. The highest BCUT2D eigenvalue weighted by Crippen LogP contribution is 2.34. The van der Waals surface area contributed by atoms with Gasteiger partial charge in [0.25, 0.3) is 5.91 Å². The molecule has 0 saturated heterocycles. The summed E-state index contributed by atoms with van der Waals surface area (Å²) in [5.74, 6) is 1.45. The van der Waals surface area contributed by atoms with Gasteiger partial charge in [0.1, 0.15) is 17.7 Å². The van der Waals surface area contributed by atoms with Crippen molar-refractivity contribution in [1.29, 1.82) is 0 Å². The molecule has 11 heteroatoms. The molecule has 0 atom stereocenters. The molecule has 0 spiro atoms. The predicted molar refractivity (Wildman–Crippen MR) is 106 cm³/mol. The highest BCUT2D eigenvalue weighted by molar-refractivity contribution is 6.08. The van der Waals surface area contributed by atoms with Crippen molar-refractivity contribution in [3.63, 3.8) is 0 Å². The Morgan fingerprint density at radius 2 is 2.03 bits per heavy atom. The average molecular weight is 425 g/mol. The Balaban J connectivity index is 1.29. The fourth-order valence-corrected chi connectivity index (χ4v) is 3.52. The number of fused-ring (bicyclic) bond motifs is 2. The fraction of sp³-hybridized carbons (Fsp3) is 0.300. The Bertz CT molecular complexity index is 1120. The van der Waals surface area contributed by atoms with Crippen molar-refractivity contribution in [2.75, 3.05) is 25.2 Å². The van der Waals surface area contributed by atoms with Gasteiger partial charge in [-0.2, -0.15) is 0 Å². The van der Waals surface area contributed by atoms with Crippen LogP contribution >= 0.6 is 0 Å². The van der Waals surface area contributed by atoms with Gasteiger partial charge in [-0.25, -0.2) is 4.79 Å². The first-order valence-electron chi connectivity index (χ1n) is 9.64. The average Bonchev–Trinajstić information content (AvgIpc) is 3.43. The second-order valence-electron chi connectivity index (χ2n) is 7.20. The summed E-state index contributed by atoms with van der Waals surface area (Å²) in [5, 5.41) is 6.72.